The lowest BCUT2D eigenvalue weighted by Crippen LogP contribution is -2.13. The quantitative estimate of drug-likeness (QED) is 0.571. The van der Waals surface area contributed by atoms with Crippen molar-refractivity contribution < 1.29 is 13.2 Å². The van der Waals surface area contributed by atoms with Crippen LogP contribution in [0.5, 0.6) is 0 Å². The van der Waals surface area contributed by atoms with Crippen LogP contribution in [0.4, 0.5) is 11.4 Å². The van der Waals surface area contributed by atoms with Gasteiger partial charge in [-0.25, -0.2) is 13.2 Å². The lowest BCUT2D eigenvalue weighted by molar-refractivity contribution is 0.102. The predicted octanol–water partition coefficient (Wildman–Crippen LogP) is 1.48. The van der Waals surface area contributed by atoms with Gasteiger partial charge in [0.25, 0.3) is 5.91 Å². The summed E-state index contributed by atoms with van der Waals surface area (Å²) >= 11 is 0. The topological polar surface area (TPSA) is 124 Å². The number of fused-ring (bicyclic) bond motifs is 1. The first-order valence-corrected chi connectivity index (χ1v) is 8.80. The average Bonchev–Trinajstić information content (AvgIpc) is 2.85. The van der Waals surface area contributed by atoms with Gasteiger partial charge in [0.05, 0.1) is 17.3 Å². The molecular weight excluding hydrogens is 332 g/mol. The second kappa shape index (κ2) is 5.85. The maximum atomic E-state index is 12.3. The Hall–Kier alpha value is -3.07. The van der Waals surface area contributed by atoms with E-state index < -0.39 is 15.9 Å². The number of sulfonamides is 1. The molecule has 2 aromatic carbocycles. The molecule has 24 heavy (non-hydrogen) atoms. The number of amides is 1. The molecule has 0 aliphatic rings. The third-order valence-electron chi connectivity index (χ3n) is 3.20. The predicted molar refractivity (Wildman–Crippen MR) is 91.8 cm³/mol. The summed E-state index contributed by atoms with van der Waals surface area (Å²) in [6.45, 7) is 0. The van der Waals surface area contributed by atoms with Crippen LogP contribution in [0.25, 0.3) is 11.0 Å². The Kier molecular flexibility index (Phi) is 3.86. The van der Waals surface area contributed by atoms with E-state index in [1.807, 2.05) is 0 Å². The Labute approximate surface area is 137 Å². The molecule has 1 aromatic heterocycles. The fourth-order valence-electron chi connectivity index (χ4n) is 2.25. The number of imidazole rings is 1. The second-order valence-electron chi connectivity index (χ2n) is 5.25. The first kappa shape index (κ1) is 15.8. The van der Waals surface area contributed by atoms with Crippen molar-refractivity contribution in [1.82, 2.24) is 9.97 Å². The highest BCUT2D eigenvalue weighted by Gasteiger charge is 2.09. The van der Waals surface area contributed by atoms with Gasteiger partial charge in [0, 0.05) is 16.9 Å². The summed E-state index contributed by atoms with van der Waals surface area (Å²) in [5.74, 6) is -0.399. The molecule has 0 aliphatic heterocycles. The third kappa shape index (κ3) is 3.63. The van der Waals surface area contributed by atoms with Crippen molar-refractivity contribution in [2.24, 2.45) is 0 Å². The Balaban J connectivity index is 1.83. The van der Waals surface area contributed by atoms with Crippen molar-refractivity contribution in [2.45, 2.75) is 0 Å². The number of aromatic amines is 2. The lowest BCUT2D eigenvalue weighted by Gasteiger charge is -2.08. The molecule has 124 valence electrons. The zero-order chi connectivity index (χ0) is 17.3. The van der Waals surface area contributed by atoms with Gasteiger partial charge in [-0.15, -0.1) is 0 Å². The van der Waals surface area contributed by atoms with Crippen LogP contribution in [0.1, 0.15) is 10.4 Å². The molecule has 9 heteroatoms. The number of benzene rings is 2. The van der Waals surface area contributed by atoms with E-state index in [2.05, 4.69) is 20.0 Å². The molecule has 1 amide bonds. The van der Waals surface area contributed by atoms with Gasteiger partial charge in [0.15, 0.2) is 0 Å². The van der Waals surface area contributed by atoms with Gasteiger partial charge in [0.2, 0.25) is 10.0 Å². The molecule has 0 aliphatic carbocycles. The van der Waals surface area contributed by atoms with Crippen molar-refractivity contribution in [3.8, 4) is 0 Å². The van der Waals surface area contributed by atoms with Crippen molar-refractivity contribution in [2.75, 3.05) is 16.3 Å². The van der Waals surface area contributed by atoms with Crippen LogP contribution in [0, 0.1) is 0 Å². The van der Waals surface area contributed by atoms with E-state index in [0.717, 1.165) is 6.26 Å². The van der Waals surface area contributed by atoms with E-state index in [-0.39, 0.29) is 5.69 Å². The minimum atomic E-state index is -3.42. The van der Waals surface area contributed by atoms with E-state index in [1.165, 1.54) is 6.07 Å². The number of aromatic nitrogens is 2. The van der Waals surface area contributed by atoms with Gasteiger partial charge in [0.1, 0.15) is 0 Å². The Bertz CT molecular complexity index is 1080. The lowest BCUT2D eigenvalue weighted by atomic mass is 10.2. The van der Waals surface area contributed by atoms with Gasteiger partial charge in [-0.05, 0) is 36.4 Å². The summed E-state index contributed by atoms with van der Waals surface area (Å²) in [6, 6.07) is 11.1. The van der Waals surface area contributed by atoms with Gasteiger partial charge in [-0.3, -0.25) is 9.52 Å². The molecule has 3 rings (SSSR count). The Morgan fingerprint density at radius 1 is 1.00 bits per heavy atom. The van der Waals surface area contributed by atoms with Crippen LogP contribution in [0.3, 0.4) is 0 Å². The fraction of sp³-hybridized carbons (Fsp3) is 0.0667. The van der Waals surface area contributed by atoms with Crippen molar-refractivity contribution in [3.63, 3.8) is 0 Å². The number of hydrogen-bond acceptors (Lipinski definition) is 4. The van der Waals surface area contributed by atoms with E-state index in [1.54, 1.807) is 36.4 Å². The third-order valence-corrected chi connectivity index (χ3v) is 3.81. The minimum Gasteiger partial charge on any atom is -0.322 e. The van der Waals surface area contributed by atoms with E-state index in [4.69, 9.17) is 0 Å². The second-order valence-corrected chi connectivity index (χ2v) is 7.00. The van der Waals surface area contributed by atoms with Crippen LogP contribution < -0.4 is 15.7 Å². The van der Waals surface area contributed by atoms with Gasteiger partial charge >= 0.3 is 5.69 Å². The molecule has 0 unspecified atom stereocenters. The van der Waals surface area contributed by atoms with Gasteiger partial charge < -0.3 is 15.3 Å². The average molecular weight is 346 g/mol. The zero-order valence-electron chi connectivity index (χ0n) is 12.6. The summed E-state index contributed by atoms with van der Waals surface area (Å²) in [5, 5.41) is 2.70. The standard InChI is InChI=1S/C15H14N4O4S/c1-24(22,23)19-11-4-2-3-9(7-11)14(20)16-10-5-6-12-13(8-10)18-15(21)17-12/h2-8,19H,1H3,(H,16,20)(H2,17,18,21). The molecule has 0 fully saturated rings. The first-order valence-electron chi connectivity index (χ1n) is 6.91. The molecular formula is C15H14N4O4S. The molecule has 4 N–H and O–H groups in total. The molecule has 3 aromatic rings. The number of H-pyrrole nitrogens is 2. The van der Waals surface area contributed by atoms with E-state index >= 15 is 0 Å². The molecule has 1 heterocycles. The molecule has 0 spiro atoms. The largest absolute Gasteiger partial charge is 0.323 e. The summed E-state index contributed by atoms with van der Waals surface area (Å²) in [7, 11) is -3.42. The summed E-state index contributed by atoms with van der Waals surface area (Å²) in [4.78, 5) is 28.8. The number of hydrogen-bond donors (Lipinski definition) is 4. The number of carbonyl (C=O) groups excluding carboxylic acids is 1. The molecule has 0 bridgehead atoms. The SMILES string of the molecule is CS(=O)(=O)Nc1cccc(C(=O)Nc2ccc3[nH]c(=O)[nH]c3c2)c1. The smallest absolute Gasteiger partial charge is 0.322 e. The van der Waals surface area contributed by atoms with Crippen LogP contribution in [0.2, 0.25) is 0 Å². The maximum Gasteiger partial charge on any atom is 0.323 e. The van der Waals surface area contributed by atoms with Crippen LogP contribution in [-0.2, 0) is 10.0 Å². The number of anilines is 2. The molecule has 0 saturated heterocycles. The normalized spacial score (nSPS) is 11.4. The summed E-state index contributed by atoms with van der Waals surface area (Å²) in [6.07, 6.45) is 1.03. The van der Waals surface area contributed by atoms with Crippen LogP contribution in [0.15, 0.2) is 47.3 Å². The highest BCUT2D eigenvalue weighted by atomic mass is 32.2. The van der Waals surface area contributed by atoms with Crippen LogP contribution in [-0.4, -0.2) is 30.5 Å². The minimum absolute atomic E-state index is 0.298. The molecule has 0 radical (unpaired) electrons. The first-order chi connectivity index (χ1) is 11.3. The zero-order valence-corrected chi connectivity index (χ0v) is 13.4. The number of rotatable bonds is 4. The van der Waals surface area contributed by atoms with Crippen LogP contribution >= 0.6 is 0 Å². The monoisotopic (exact) mass is 346 g/mol. The number of nitrogens with one attached hydrogen (secondary N) is 4. The molecule has 8 nitrogen and oxygen atoms in total. The Morgan fingerprint density at radius 3 is 2.50 bits per heavy atom. The summed E-state index contributed by atoms with van der Waals surface area (Å²) < 4.78 is 24.8. The van der Waals surface area contributed by atoms with E-state index in [9.17, 15) is 18.0 Å². The summed E-state index contributed by atoms with van der Waals surface area (Å²) in [5.41, 5.74) is 1.99. The fourth-order valence-corrected chi connectivity index (χ4v) is 2.81. The van der Waals surface area contributed by atoms with Crippen molar-refractivity contribution in [3.05, 3.63) is 58.5 Å². The van der Waals surface area contributed by atoms with Gasteiger partial charge in [-0.1, -0.05) is 6.07 Å². The van der Waals surface area contributed by atoms with E-state index in [0.29, 0.717) is 28.0 Å². The Morgan fingerprint density at radius 2 is 1.75 bits per heavy atom. The molecule has 0 saturated carbocycles. The molecule has 0 atom stereocenters. The highest BCUT2D eigenvalue weighted by Crippen LogP contribution is 2.17. The maximum absolute atomic E-state index is 12.3. The highest BCUT2D eigenvalue weighted by molar-refractivity contribution is 7.92. The van der Waals surface area contributed by atoms with Crippen molar-refractivity contribution in [1.29, 1.82) is 0 Å². The van der Waals surface area contributed by atoms with Gasteiger partial charge in [-0.2, -0.15) is 0 Å². The van der Waals surface area contributed by atoms with Crippen molar-refractivity contribution >= 4 is 38.3 Å². The number of carbonyl (C=O) groups is 1.